The van der Waals surface area contributed by atoms with E-state index in [9.17, 15) is 0 Å². The van der Waals surface area contributed by atoms with Crippen molar-refractivity contribution in [2.24, 2.45) is 0 Å². The molecule has 0 atom stereocenters. The predicted octanol–water partition coefficient (Wildman–Crippen LogP) is 24.4. The number of anilines is 6. The minimum absolute atomic E-state index is 0.220. The predicted molar refractivity (Wildman–Crippen MR) is 397 cm³/mol. The Morgan fingerprint density at radius 2 is 0.462 bits per heavy atom. The van der Waals surface area contributed by atoms with Gasteiger partial charge in [-0.05, 0) is 285 Å². The summed E-state index contributed by atoms with van der Waals surface area (Å²) in [4.78, 5) is 4.89. The van der Waals surface area contributed by atoms with Gasteiger partial charge in [-0.25, -0.2) is 0 Å². The van der Waals surface area contributed by atoms with Gasteiger partial charge in [-0.2, -0.15) is 0 Å². The molecule has 93 heavy (non-hydrogen) atoms. The van der Waals surface area contributed by atoms with Crippen molar-refractivity contribution in [3.05, 3.63) is 354 Å². The summed E-state index contributed by atoms with van der Waals surface area (Å²) in [6.45, 7) is 27.2. The lowest BCUT2D eigenvalue weighted by molar-refractivity contribution is 0.660. The van der Waals surface area contributed by atoms with Gasteiger partial charge in [0.25, 0.3) is 0 Å². The molecule has 0 saturated carbocycles. The first kappa shape index (κ1) is 59.1. The van der Waals surface area contributed by atoms with Gasteiger partial charge in [-0.3, -0.25) is 0 Å². The van der Waals surface area contributed by atoms with Crippen LogP contribution in [-0.2, 0) is 16.2 Å². The van der Waals surface area contributed by atoms with Gasteiger partial charge in [-0.1, -0.05) is 210 Å². The minimum atomic E-state index is -0.566. The van der Waals surface area contributed by atoms with Crippen molar-refractivity contribution in [1.29, 1.82) is 0 Å². The van der Waals surface area contributed by atoms with Crippen LogP contribution in [0.4, 0.5) is 34.1 Å². The highest BCUT2D eigenvalue weighted by Gasteiger charge is 2.46. The molecule has 0 amide bonds. The summed E-state index contributed by atoms with van der Waals surface area (Å²) < 4.78 is 0. The quantitative estimate of drug-likeness (QED) is 0.113. The summed E-state index contributed by atoms with van der Waals surface area (Å²) in [6, 6.07) is 92.6. The third-order valence-corrected chi connectivity index (χ3v) is 20.3. The lowest BCUT2D eigenvalue weighted by atomic mass is 9.67. The van der Waals surface area contributed by atoms with Gasteiger partial charge in [0.05, 0.1) is 5.41 Å². The smallest absolute Gasteiger partial charge is 0.0713 e. The van der Waals surface area contributed by atoms with Gasteiger partial charge in [-0.15, -0.1) is 0 Å². The van der Waals surface area contributed by atoms with Gasteiger partial charge in [0.2, 0.25) is 0 Å². The van der Waals surface area contributed by atoms with Gasteiger partial charge in [0, 0.05) is 45.0 Å². The molecule has 0 saturated heterocycles. The van der Waals surface area contributed by atoms with Crippen molar-refractivity contribution >= 4 is 58.4 Å². The summed E-state index contributed by atoms with van der Waals surface area (Å²) in [5, 5.41) is 0. The summed E-state index contributed by atoms with van der Waals surface area (Å²) in [7, 11) is 0. The molecule has 0 spiro atoms. The van der Waals surface area contributed by atoms with Gasteiger partial charge >= 0.3 is 0 Å². The zero-order valence-electron chi connectivity index (χ0n) is 55.8. The van der Waals surface area contributed by atoms with Crippen molar-refractivity contribution in [1.82, 2.24) is 0 Å². The number of rotatable bonds is 12. The molecular formula is C91H80N2. The molecule has 12 aromatic carbocycles. The molecule has 0 bridgehead atoms. The van der Waals surface area contributed by atoms with Crippen LogP contribution in [0.3, 0.4) is 0 Å². The van der Waals surface area contributed by atoms with Crippen LogP contribution >= 0.6 is 0 Å². The van der Waals surface area contributed by atoms with Crippen molar-refractivity contribution in [2.45, 2.75) is 99.3 Å². The molecule has 3 aliphatic carbocycles. The molecule has 12 aromatic rings. The number of fused-ring (bicyclic) bond motifs is 9. The van der Waals surface area contributed by atoms with Gasteiger partial charge < -0.3 is 9.80 Å². The Kier molecular flexibility index (Phi) is 14.3. The van der Waals surface area contributed by atoms with E-state index in [4.69, 9.17) is 0 Å². The Morgan fingerprint density at radius 3 is 0.742 bits per heavy atom. The van der Waals surface area contributed by atoms with Crippen LogP contribution in [0.15, 0.2) is 243 Å². The van der Waals surface area contributed by atoms with E-state index in [2.05, 4.69) is 360 Å². The standard InChI is InChI=1S/C91H80N2/c1-57-39-58(2)44-73(43-57)92(74-45-59(3)40-60(4)46-74)71-31-37-79-77-33-27-65(51-83(77)89(9,10)85(79)55-71)23-25-67-29-35-81-82-36-30-68(54-88(82)91(87(81)53-67,69-19-15-13-16-20-69)70-21-17-14-18-22-70)26-24-66-28-34-78-80-38-32-72(56-86(80)90(11,12)84(78)52-66)93(75-47-61(5)41-62(6)48-75)76-49-63(7)42-64(8)50-76/h13-56H,1-12H3. The molecule has 2 heteroatoms. The first-order valence-corrected chi connectivity index (χ1v) is 33.1. The average molecular weight is 1200 g/mol. The SMILES string of the molecule is Cc1cc(C)cc(N(c2cc(C)cc(C)c2)c2ccc3c(c2)C(C)(C)c2cc(C=Cc4ccc5c(c4)C(c4ccccc4)(c4ccccc4)c4cc(C=Cc6ccc7c(c6)C(C)(C)c6cc(N(c8cc(C)cc(C)c8)c8cc(C)cc(C)c8)ccc6-7)ccc4-5)ccc2-3)c1. The van der Waals surface area contributed by atoms with E-state index >= 15 is 0 Å². The number of nitrogens with zero attached hydrogens (tertiary/aromatic N) is 2. The van der Waals surface area contributed by atoms with E-state index in [0.717, 1.165) is 0 Å². The largest absolute Gasteiger partial charge is 0.310 e. The Morgan fingerprint density at radius 1 is 0.226 bits per heavy atom. The molecule has 0 aromatic heterocycles. The minimum Gasteiger partial charge on any atom is -0.310 e. The fourth-order valence-electron chi connectivity index (χ4n) is 16.3. The lowest BCUT2D eigenvalue weighted by Gasteiger charge is -2.34. The van der Waals surface area contributed by atoms with Crippen molar-refractivity contribution in [3.8, 4) is 33.4 Å². The molecule has 3 aliphatic rings. The lowest BCUT2D eigenvalue weighted by Crippen LogP contribution is -2.28. The maximum absolute atomic E-state index is 2.46. The van der Waals surface area contributed by atoms with E-state index in [0.29, 0.717) is 0 Å². The third kappa shape index (κ3) is 10.2. The average Bonchev–Trinajstić information content (AvgIpc) is 1.56. The Hall–Kier alpha value is -10.3. The zero-order chi connectivity index (χ0) is 64.2. The van der Waals surface area contributed by atoms with Crippen molar-refractivity contribution < 1.29 is 0 Å². The van der Waals surface area contributed by atoms with E-state index in [1.807, 2.05) is 0 Å². The molecular weight excluding hydrogens is 1120 g/mol. The molecule has 0 heterocycles. The Labute approximate surface area is 551 Å². The molecule has 2 nitrogen and oxygen atoms in total. The fourth-order valence-corrected chi connectivity index (χ4v) is 16.3. The zero-order valence-corrected chi connectivity index (χ0v) is 55.8. The first-order chi connectivity index (χ1) is 44.8. The third-order valence-electron chi connectivity index (χ3n) is 20.3. The van der Waals surface area contributed by atoms with Crippen LogP contribution in [0.25, 0.3) is 57.7 Å². The molecule has 0 radical (unpaired) electrons. The van der Waals surface area contributed by atoms with Crippen LogP contribution in [0, 0.1) is 55.4 Å². The highest BCUT2D eigenvalue weighted by Crippen LogP contribution is 2.58. The second kappa shape index (κ2) is 22.5. The van der Waals surface area contributed by atoms with Gasteiger partial charge in [0.15, 0.2) is 0 Å². The second-order valence-electron chi connectivity index (χ2n) is 28.1. The molecule has 0 N–H and O–H groups in total. The van der Waals surface area contributed by atoms with Crippen molar-refractivity contribution in [2.75, 3.05) is 9.80 Å². The monoisotopic (exact) mass is 1200 g/mol. The number of benzene rings is 12. The molecule has 0 aliphatic heterocycles. The van der Waals surface area contributed by atoms with E-state index < -0.39 is 5.41 Å². The summed E-state index contributed by atoms with van der Waals surface area (Å²) >= 11 is 0. The normalized spacial score (nSPS) is 14.2. The molecule has 0 fully saturated rings. The topological polar surface area (TPSA) is 6.48 Å². The summed E-state index contributed by atoms with van der Waals surface area (Å²) in [6.07, 6.45) is 9.27. The molecule has 0 unspecified atom stereocenters. The van der Waals surface area contributed by atoms with E-state index in [-0.39, 0.29) is 10.8 Å². The maximum Gasteiger partial charge on any atom is 0.0713 e. The highest BCUT2D eigenvalue weighted by atomic mass is 15.1. The Bertz CT molecular complexity index is 4560. The Balaban J connectivity index is 0.749. The fraction of sp³-hybridized carbons (Fsp3) is 0.165. The highest BCUT2D eigenvalue weighted by molar-refractivity contribution is 5.92. The van der Waals surface area contributed by atoms with E-state index in [1.165, 1.54) is 179 Å². The van der Waals surface area contributed by atoms with Gasteiger partial charge in [0.1, 0.15) is 0 Å². The number of aryl methyl sites for hydroxylation is 8. The van der Waals surface area contributed by atoms with Crippen molar-refractivity contribution in [3.63, 3.8) is 0 Å². The van der Waals surface area contributed by atoms with E-state index in [1.54, 1.807) is 0 Å². The summed E-state index contributed by atoms with van der Waals surface area (Å²) in [5.74, 6) is 0. The van der Waals surface area contributed by atoms with Crippen LogP contribution in [0.5, 0.6) is 0 Å². The van der Waals surface area contributed by atoms with Crippen LogP contribution in [0.2, 0.25) is 0 Å². The van der Waals surface area contributed by atoms with Crippen LogP contribution < -0.4 is 9.80 Å². The molecule has 454 valence electrons. The van der Waals surface area contributed by atoms with Crippen LogP contribution in [-0.4, -0.2) is 0 Å². The second-order valence-corrected chi connectivity index (χ2v) is 28.1. The molecule has 15 rings (SSSR count). The number of hydrogen-bond acceptors (Lipinski definition) is 2. The van der Waals surface area contributed by atoms with Crippen LogP contribution in [0.1, 0.15) is 139 Å². The maximum atomic E-state index is 2.46. The number of hydrogen-bond donors (Lipinski definition) is 0. The summed E-state index contributed by atoms with van der Waals surface area (Å²) in [5.41, 5.74) is 39.1. The first-order valence-electron chi connectivity index (χ1n) is 33.1.